The van der Waals surface area contributed by atoms with Crippen LogP contribution in [0.4, 0.5) is 0 Å². The monoisotopic (exact) mass is 466 g/mol. The van der Waals surface area contributed by atoms with Gasteiger partial charge in [0.2, 0.25) is 0 Å². The Labute approximate surface area is 195 Å². The third-order valence-corrected chi connectivity index (χ3v) is 7.21. The van der Waals surface area contributed by atoms with Crippen LogP contribution in [0.15, 0.2) is 62.8 Å². The molecule has 2 aromatic heterocycles. The molecule has 0 aliphatic carbocycles. The van der Waals surface area contributed by atoms with Gasteiger partial charge in [-0.05, 0) is 55.3 Å². The molecule has 5 nitrogen and oxygen atoms in total. The number of hydrogen-bond acceptors (Lipinski definition) is 6. The topological polar surface area (TPSA) is 60.7 Å². The summed E-state index contributed by atoms with van der Waals surface area (Å²) < 4.78 is 7.73. The highest BCUT2D eigenvalue weighted by Gasteiger charge is 2.34. The van der Waals surface area contributed by atoms with Crippen molar-refractivity contribution in [3.63, 3.8) is 0 Å². The van der Waals surface area contributed by atoms with Crippen molar-refractivity contribution in [2.24, 2.45) is 4.99 Å². The van der Waals surface area contributed by atoms with Gasteiger partial charge >= 0.3 is 5.97 Å². The van der Waals surface area contributed by atoms with Crippen LogP contribution in [-0.2, 0) is 9.53 Å². The number of rotatable bonds is 5. The zero-order valence-corrected chi connectivity index (χ0v) is 20.4. The van der Waals surface area contributed by atoms with Gasteiger partial charge in [0, 0.05) is 4.88 Å². The maximum atomic E-state index is 13.5. The Kier molecular flexibility index (Phi) is 6.31. The predicted molar refractivity (Wildman–Crippen MR) is 130 cm³/mol. The average molecular weight is 467 g/mol. The highest BCUT2D eigenvalue weighted by atomic mass is 32.1. The van der Waals surface area contributed by atoms with Crippen molar-refractivity contribution >= 4 is 34.7 Å². The Morgan fingerprint density at radius 1 is 1.16 bits per heavy atom. The van der Waals surface area contributed by atoms with Crippen LogP contribution in [0, 0.1) is 0 Å². The van der Waals surface area contributed by atoms with Gasteiger partial charge in [-0.1, -0.05) is 55.5 Å². The minimum atomic E-state index is -0.539. The zero-order valence-electron chi connectivity index (χ0n) is 18.8. The SMILES string of the molecule is CC1=C(C(=O)OC(C)C)[C@@H](c2cccs2)n2c(s/c(=C\c3ccc(C(C)C)cc3)c2=O)=N1. The first-order valence-electron chi connectivity index (χ1n) is 10.6. The van der Waals surface area contributed by atoms with E-state index in [1.165, 1.54) is 28.2 Å². The Bertz CT molecular complexity index is 1340. The molecule has 7 heteroatoms. The second-order valence-corrected chi connectivity index (χ2v) is 10.4. The minimum Gasteiger partial charge on any atom is -0.459 e. The molecule has 32 heavy (non-hydrogen) atoms. The molecule has 1 aliphatic heterocycles. The standard InChI is InChI=1S/C25H26N2O3S2/c1-14(2)18-10-8-17(9-11-18)13-20-23(28)27-22(19-7-6-12-31-19)21(24(29)30-15(3)4)16(5)26-25(27)32-20/h6-15,22H,1-5H3/b20-13-/t22-/m1/s1. The highest BCUT2D eigenvalue weighted by molar-refractivity contribution is 7.10. The Morgan fingerprint density at radius 2 is 1.88 bits per heavy atom. The van der Waals surface area contributed by atoms with E-state index in [-0.39, 0.29) is 11.7 Å². The second-order valence-electron chi connectivity index (χ2n) is 8.37. The van der Waals surface area contributed by atoms with Crippen LogP contribution >= 0.6 is 22.7 Å². The summed E-state index contributed by atoms with van der Waals surface area (Å²) in [6.45, 7) is 9.74. The molecule has 0 unspecified atom stereocenters. The number of carbonyl (C=O) groups excluding carboxylic acids is 1. The molecule has 0 radical (unpaired) electrons. The summed E-state index contributed by atoms with van der Waals surface area (Å²) in [7, 11) is 0. The van der Waals surface area contributed by atoms with Crippen molar-refractivity contribution in [3.8, 4) is 0 Å². The lowest BCUT2D eigenvalue weighted by atomic mass is 10.0. The smallest absolute Gasteiger partial charge is 0.338 e. The van der Waals surface area contributed by atoms with Crippen molar-refractivity contribution in [2.45, 2.75) is 52.7 Å². The second kappa shape index (κ2) is 9.00. The number of hydrogen-bond donors (Lipinski definition) is 0. The molecule has 0 fully saturated rings. The van der Waals surface area contributed by atoms with Gasteiger partial charge in [-0.3, -0.25) is 9.36 Å². The maximum Gasteiger partial charge on any atom is 0.338 e. The summed E-state index contributed by atoms with van der Waals surface area (Å²) in [6, 6.07) is 11.6. The summed E-state index contributed by atoms with van der Waals surface area (Å²) in [5.74, 6) is 0.0188. The number of carbonyl (C=O) groups is 1. The third-order valence-electron chi connectivity index (χ3n) is 5.30. The van der Waals surface area contributed by atoms with E-state index in [0.29, 0.717) is 26.5 Å². The lowest BCUT2D eigenvalue weighted by Gasteiger charge is -2.24. The van der Waals surface area contributed by atoms with Crippen LogP contribution in [0.3, 0.4) is 0 Å². The summed E-state index contributed by atoms with van der Waals surface area (Å²) in [5, 5.41) is 1.95. The Balaban J connectivity index is 1.86. The van der Waals surface area contributed by atoms with Crippen LogP contribution in [0.1, 0.15) is 62.6 Å². The fourth-order valence-corrected chi connectivity index (χ4v) is 5.57. The summed E-state index contributed by atoms with van der Waals surface area (Å²) in [4.78, 5) is 32.6. The summed E-state index contributed by atoms with van der Waals surface area (Å²) >= 11 is 2.86. The largest absolute Gasteiger partial charge is 0.459 e. The molecule has 0 amide bonds. The number of benzene rings is 1. The van der Waals surface area contributed by atoms with E-state index >= 15 is 0 Å². The van der Waals surface area contributed by atoms with Gasteiger partial charge < -0.3 is 4.74 Å². The van der Waals surface area contributed by atoms with Crippen LogP contribution in [0.5, 0.6) is 0 Å². The molecule has 3 heterocycles. The van der Waals surface area contributed by atoms with E-state index in [1.807, 2.05) is 49.6 Å². The lowest BCUT2D eigenvalue weighted by Crippen LogP contribution is -2.39. The molecule has 0 spiro atoms. The number of fused-ring (bicyclic) bond motifs is 1. The van der Waals surface area contributed by atoms with Crippen molar-refractivity contribution < 1.29 is 9.53 Å². The number of esters is 1. The number of nitrogens with zero attached hydrogens (tertiary/aromatic N) is 2. The fourth-order valence-electron chi connectivity index (χ4n) is 3.70. The average Bonchev–Trinajstić information content (AvgIpc) is 3.36. The highest BCUT2D eigenvalue weighted by Crippen LogP contribution is 2.33. The van der Waals surface area contributed by atoms with Gasteiger partial charge in [-0.25, -0.2) is 9.79 Å². The molecule has 3 aromatic rings. The predicted octanol–water partition coefficient (Wildman–Crippen LogP) is 4.37. The van der Waals surface area contributed by atoms with Gasteiger partial charge in [-0.15, -0.1) is 11.3 Å². The molecule has 0 saturated carbocycles. The van der Waals surface area contributed by atoms with Crippen LogP contribution in [0.2, 0.25) is 0 Å². The van der Waals surface area contributed by atoms with Crippen molar-refractivity contribution in [1.82, 2.24) is 4.57 Å². The molecular formula is C25H26N2O3S2. The first-order valence-corrected chi connectivity index (χ1v) is 12.3. The number of thiophene rings is 1. The first-order chi connectivity index (χ1) is 15.3. The molecule has 166 valence electrons. The molecule has 0 bridgehead atoms. The van der Waals surface area contributed by atoms with Crippen LogP contribution < -0.4 is 14.9 Å². The van der Waals surface area contributed by atoms with E-state index < -0.39 is 12.0 Å². The van der Waals surface area contributed by atoms with Gasteiger partial charge in [-0.2, -0.15) is 0 Å². The quantitative estimate of drug-likeness (QED) is 0.525. The third kappa shape index (κ3) is 4.27. The first kappa shape index (κ1) is 22.4. The normalized spacial score (nSPS) is 16.5. The maximum absolute atomic E-state index is 13.5. The molecular weight excluding hydrogens is 440 g/mol. The molecule has 4 rings (SSSR count). The number of ether oxygens (including phenoxy) is 1. The fraction of sp³-hybridized carbons (Fsp3) is 0.320. The van der Waals surface area contributed by atoms with E-state index in [9.17, 15) is 9.59 Å². The molecule has 1 aromatic carbocycles. The molecule has 1 aliphatic rings. The van der Waals surface area contributed by atoms with E-state index in [2.05, 4.69) is 31.0 Å². The van der Waals surface area contributed by atoms with Crippen molar-refractivity contribution in [2.75, 3.05) is 0 Å². The minimum absolute atomic E-state index is 0.151. The van der Waals surface area contributed by atoms with Crippen molar-refractivity contribution in [1.29, 1.82) is 0 Å². The van der Waals surface area contributed by atoms with Gasteiger partial charge in [0.1, 0.15) is 6.04 Å². The van der Waals surface area contributed by atoms with Gasteiger partial charge in [0.05, 0.1) is 21.9 Å². The molecule has 1 atom stereocenters. The zero-order chi connectivity index (χ0) is 23.0. The molecule has 0 saturated heterocycles. The Morgan fingerprint density at radius 3 is 2.47 bits per heavy atom. The number of aromatic nitrogens is 1. The summed E-state index contributed by atoms with van der Waals surface area (Å²) in [5.41, 5.74) is 3.07. The number of thiazole rings is 1. The van der Waals surface area contributed by atoms with Crippen LogP contribution in [0.25, 0.3) is 6.08 Å². The molecule has 0 N–H and O–H groups in total. The lowest BCUT2D eigenvalue weighted by molar-refractivity contribution is -0.143. The van der Waals surface area contributed by atoms with E-state index in [1.54, 1.807) is 11.5 Å². The van der Waals surface area contributed by atoms with Gasteiger partial charge in [0.15, 0.2) is 4.80 Å². The van der Waals surface area contributed by atoms with E-state index in [0.717, 1.165) is 10.4 Å². The Hall–Kier alpha value is -2.77. The summed E-state index contributed by atoms with van der Waals surface area (Å²) in [6.07, 6.45) is 1.63. The number of allylic oxidation sites excluding steroid dienone is 1. The van der Waals surface area contributed by atoms with Gasteiger partial charge in [0.25, 0.3) is 5.56 Å². The van der Waals surface area contributed by atoms with E-state index in [4.69, 9.17) is 4.74 Å². The van der Waals surface area contributed by atoms with Crippen LogP contribution in [-0.4, -0.2) is 16.6 Å². The van der Waals surface area contributed by atoms with Crippen molar-refractivity contribution in [3.05, 3.63) is 88.7 Å².